The van der Waals surface area contributed by atoms with Gasteiger partial charge in [0.05, 0.1) is 22.9 Å². The van der Waals surface area contributed by atoms with Gasteiger partial charge < -0.3 is 20.9 Å². The van der Waals surface area contributed by atoms with Gasteiger partial charge in [-0.1, -0.05) is 11.6 Å². The van der Waals surface area contributed by atoms with E-state index in [1.807, 2.05) is 11.3 Å². The normalized spacial score (nSPS) is 18.1. The monoisotopic (exact) mass is 461 g/mol. The third kappa shape index (κ3) is 4.10. The first-order valence-corrected chi connectivity index (χ1v) is 10.8. The van der Waals surface area contributed by atoms with Crippen LogP contribution in [0, 0.1) is 12.7 Å². The number of hydrogen-bond acceptors (Lipinski definition) is 6. The zero-order valence-corrected chi connectivity index (χ0v) is 18.8. The molecule has 0 aliphatic heterocycles. The van der Waals surface area contributed by atoms with E-state index in [4.69, 9.17) is 22.1 Å². The summed E-state index contributed by atoms with van der Waals surface area (Å²) in [5.74, 6) is -0.383. The molecule has 8 nitrogen and oxygen atoms in total. The lowest BCUT2D eigenvalue weighted by Crippen LogP contribution is -2.47. The van der Waals surface area contributed by atoms with Crippen molar-refractivity contribution < 1.29 is 19.0 Å². The summed E-state index contributed by atoms with van der Waals surface area (Å²) in [5, 5.41) is 12.1. The number of ether oxygens (including phenoxy) is 1. The Hall–Kier alpha value is -2.91. The average molecular weight is 462 g/mol. The second-order valence-corrected chi connectivity index (χ2v) is 8.73. The van der Waals surface area contributed by atoms with Crippen molar-refractivity contribution in [1.29, 1.82) is 0 Å². The van der Waals surface area contributed by atoms with Gasteiger partial charge in [-0.3, -0.25) is 9.20 Å². The molecule has 1 aromatic carbocycles. The third-order valence-corrected chi connectivity index (χ3v) is 5.73. The van der Waals surface area contributed by atoms with Crippen molar-refractivity contribution in [2.75, 3.05) is 5.73 Å². The van der Waals surface area contributed by atoms with E-state index in [2.05, 4.69) is 15.3 Å². The van der Waals surface area contributed by atoms with Crippen molar-refractivity contribution in [3.63, 3.8) is 0 Å². The Balaban J connectivity index is 1.79. The lowest BCUT2D eigenvalue weighted by atomic mass is 9.89. The Morgan fingerprint density at radius 1 is 1.47 bits per heavy atom. The van der Waals surface area contributed by atoms with Gasteiger partial charge in [-0.2, -0.15) is 0 Å². The van der Waals surface area contributed by atoms with Crippen LogP contribution in [0.15, 0.2) is 18.5 Å². The molecule has 1 fully saturated rings. The third-order valence-electron chi connectivity index (χ3n) is 5.46. The highest BCUT2D eigenvalue weighted by Gasteiger charge is 2.32. The van der Waals surface area contributed by atoms with Crippen LogP contribution in [0.5, 0.6) is 5.75 Å². The predicted molar refractivity (Wildman–Crippen MR) is 119 cm³/mol. The molecule has 2 aromatic heterocycles. The number of carbonyl (C=O) groups is 1. The molecule has 170 valence electrons. The number of rotatable bonds is 6. The van der Waals surface area contributed by atoms with Crippen LogP contribution in [0.1, 0.15) is 54.1 Å². The maximum absolute atomic E-state index is 15.1. The highest BCUT2D eigenvalue weighted by molar-refractivity contribution is 6.31. The maximum Gasteiger partial charge on any atom is 0.258 e. The second kappa shape index (κ2) is 8.55. The number of nitrogens with two attached hydrogens (primary N) is 1. The van der Waals surface area contributed by atoms with Crippen molar-refractivity contribution in [2.45, 2.75) is 58.3 Å². The zero-order valence-electron chi connectivity index (χ0n) is 18.0. The van der Waals surface area contributed by atoms with Gasteiger partial charge in [0.15, 0.2) is 5.82 Å². The molecular formula is C22H25ClFN5O3. The second-order valence-electron chi connectivity index (χ2n) is 8.32. The van der Waals surface area contributed by atoms with E-state index in [0.717, 1.165) is 0 Å². The first-order valence-electron chi connectivity index (χ1n) is 10.4. The number of carbonyl (C=O) groups excluding carboxylic acids is 1. The van der Waals surface area contributed by atoms with Crippen LogP contribution < -0.4 is 15.8 Å². The van der Waals surface area contributed by atoms with Gasteiger partial charge >= 0.3 is 0 Å². The molecule has 1 aliphatic carbocycles. The topological polar surface area (TPSA) is 115 Å². The molecule has 0 bridgehead atoms. The van der Waals surface area contributed by atoms with Crippen LogP contribution in [-0.2, 0) is 6.42 Å². The molecule has 2 heterocycles. The lowest BCUT2D eigenvalue weighted by Gasteiger charge is -2.32. The fourth-order valence-corrected chi connectivity index (χ4v) is 4.16. The van der Waals surface area contributed by atoms with Crippen molar-refractivity contribution in [3.05, 3.63) is 51.9 Å². The molecule has 0 spiro atoms. The van der Waals surface area contributed by atoms with E-state index in [-0.39, 0.29) is 34.9 Å². The number of nitrogen functional groups attached to an aromatic ring is 1. The minimum Gasteiger partial charge on any atom is -0.490 e. The minimum atomic E-state index is -0.846. The SMILES string of the molecule is Cc1nc(Cc2cc(Cl)c(F)c(C(=O)N[C@H]3C[C@@H](O)C3)c2OC(C)C)n2ccnc(N)c12. The number of aliphatic hydroxyl groups is 1. The Kier molecular flexibility index (Phi) is 5.96. The van der Waals surface area contributed by atoms with Crippen LogP contribution in [0.3, 0.4) is 0 Å². The number of halogens is 2. The highest BCUT2D eigenvalue weighted by atomic mass is 35.5. The fourth-order valence-electron chi connectivity index (χ4n) is 3.94. The quantitative estimate of drug-likeness (QED) is 0.519. The Bertz CT molecular complexity index is 1190. The fraction of sp³-hybridized carbons (Fsp3) is 0.409. The Morgan fingerprint density at radius 2 is 2.19 bits per heavy atom. The molecule has 4 rings (SSSR count). The number of imidazole rings is 1. The van der Waals surface area contributed by atoms with Crippen molar-refractivity contribution in [2.24, 2.45) is 0 Å². The molecule has 0 saturated heterocycles. The summed E-state index contributed by atoms with van der Waals surface area (Å²) < 4.78 is 22.8. The van der Waals surface area contributed by atoms with Crippen molar-refractivity contribution >= 4 is 28.8 Å². The number of aromatic nitrogens is 3. The standard InChI is InChI=1S/C22H25ClFN5O3/c1-10(2)32-20-12(7-16-27-11(3)19-21(25)26-4-5-29(16)19)6-15(23)18(24)17(20)22(31)28-13-8-14(30)9-13/h4-6,10,13-14,30H,7-9H2,1-3H3,(H2,25,26)(H,28,31)/t13-,14+. The molecule has 1 saturated carbocycles. The number of benzene rings is 1. The van der Waals surface area contributed by atoms with Gasteiger partial charge in [-0.15, -0.1) is 0 Å². The summed E-state index contributed by atoms with van der Waals surface area (Å²) in [4.78, 5) is 21.7. The van der Waals surface area contributed by atoms with Crippen LogP contribution in [-0.4, -0.2) is 43.6 Å². The molecular weight excluding hydrogens is 437 g/mol. The summed E-state index contributed by atoms with van der Waals surface area (Å²) in [6.45, 7) is 5.41. The molecule has 1 aliphatic rings. The van der Waals surface area contributed by atoms with Crippen molar-refractivity contribution in [3.8, 4) is 5.75 Å². The molecule has 0 atom stereocenters. The highest BCUT2D eigenvalue weighted by Crippen LogP contribution is 2.35. The smallest absolute Gasteiger partial charge is 0.258 e. The van der Waals surface area contributed by atoms with E-state index in [1.54, 1.807) is 26.2 Å². The predicted octanol–water partition coefficient (Wildman–Crippen LogP) is 3.04. The van der Waals surface area contributed by atoms with E-state index in [0.29, 0.717) is 41.3 Å². The number of fused-ring (bicyclic) bond motifs is 1. The first kappa shape index (κ1) is 22.3. The van der Waals surface area contributed by atoms with Crippen molar-refractivity contribution in [1.82, 2.24) is 19.7 Å². The average Bonchev–Trinajstić information content (AvgIpc) is 3.01. The molecule has 1 amide bonds. The number of aliphatic hydroxyl groups excluding tert-OH is 1. The number of hydrogen-bond donors (Lipinski definition) is 3. The summed E-state index contributed by atoms with van der Waals surface area (Å²) >= 11 is 6.19. The molecule has 0 unspecified atom stereocenters. The summed E-state index contributed by atoms with van der Waals surface area (Å²) in [6, 6.07) is 1.24. The minimum absolute atomic E-state index is 0.121. The summed E-state index contributed by atoms with van der Waals surface area (Å²) in [6.07, 6.45) is 3.62. The van der Waals surface area contributed by atoms with Gasteiger partial charge in [0.2, 0.25) is 0 Å². The number of amides is 1. The number of anilines is 1. The first-order chi connectivity index (χ1) is 15.2. The maximum atomic E-state index is 15.1. The number of nitrogens with one attached hydrogen (secondary N) is 1. The van der Waals surface area contributed by atoms with Crippen LogP contribution >= 0.6 is 11.6 Å². The van der Waals surface area contributed by atoms with Gasteiger partial charge in [0, 0.05) is 30.4 Å². The van der Waals surface area contributed by atoms with E-state index in [9.17, 15) is 9.90 Å². The van der Waals surface area contributed by atoms with Gasteiger partial charge in [0.1, 0.15) is 28.5 Å². The molecule has 4 N–H and O–H groups in total. The Labute approximate surface area is 189 Å². The van der Waals surface area contributed by atoms with Crippen LogP contribution in [0.4, 0.5) is 10.2 Å². The van der Waals surface area contributed by atoms with Crippen LogP contribution in [0.2, 0.25) is 5.02 Å². The van der Waals surface area contributed by atoms with E-state index < -0.39 is 17.8 Å². The summed E-state index contributed by atoms with van der Waals surface area (Å²) in [5.41, 5.74) is 7.66. The van der Waals surface area contributed by atoms with Gasteiger partial charge in [0.25, 0.3) is 5.91 Å². The zero-order chi connectivity index (χ0) is 23.2. The van der Waals surface area contributed by atoms with E-state index >= 15 is 4.39 Å². The number of aryl methyl sites for hydroxylation is 1. The van der Waals surface area contributed by atoms with Gasteiger partial charge in [-0.25, -0.2) is 14.4 Å². The largest absolute Gasteiger partial charge is 0.490 e. The lowest BCUT2D eigenvalue weighted by molar-refractivity contribution is 0.0559. The molecule has 0 radical (unpaired) electrons. The van der Waals surface area contributed by atoms with Crippen LogP contribution in [0.25, 0.3) is 5.52 Å². The molecule has 3 aromatic rings. The molecule has 10 heteroatoms. The summed E-state index contributed by atoms with van der Waals surface area (Å²) in [7, 11) is 0. The molecule has 32 heavy (non-hydrogen) atoms. The number of nitrogens with zero attached hydrogens (tertiary/aromatic N) is 3. The van der Waals surface area contributed by atoms with E-state index in [1.165, 1.54) is 6.07 Å². The Morgan fingerprint density at radius 3 is 2.84 bits per heavy atom. The van der Waals surface area contributed by atoms with Gasteiger partial charge in [-0.05, 0) is 39.7 Å².